The van der Waals surface area contributed by atoms with Crippen molar-refractivity contribution in [2.45, 2.75) is 49.8 Å². The Hall–Kier alpha value is -0.0800. The van der Waals surface area contributed by atoms with Crippen molar-refractivity contribution in [1.82, 2.24) is 5.32 Å². The van der Waals surface area contributed by atoms with Gasteiger partial charge in [-0.2, -0.15) is 0 Å². The Bertz CT molecular complexity index is 174. The molecule has 0 unspecified atom stereocenters. The smallest absolute Gasteiger partial charge is 0.0699 e. The van der Waals surface area contributed by atoms with E-state index in [1.165, 1.54) is 32.1 Å². The molecule has 3 rings (SSSR count). The van der Waals surface area contributed by atoms with E-state index in [-0.39, 0.29) is 0 Å². The molecule has 0 aromatic rings. The topological polar surface area (TPSA) is 31.2 Å². The number of hydrogen-bond donors (Lipinski definition) is 1. The van der Waals surface area contributed by atoms with Crippen molar-refractivity contribution in [3.05, 3.63) is 0 Å². The summed E-state index contributed by atoms with van der Waals surface area (Å²) in [6.45, 7) is 1.01. The Balaban J connectivity index is 1.76. The normalized spacial score (nSPS) is 54.5. The van der Waals surface area contributed by atoms with Gasteiger partial charge in [-0.25, -0.2) is 0 Å². The highest BCUT2D eigenvalue weighted by Crippen LogP contribution is 2.43. The minimum Gasteiger partial charge on any atom is -0.375 e. The van der Waals surface area contributed by atoms with Gasteiger partial charge in [0.05, 0.1) is 5.60 Å². The first-order valence-electron chi connectivity index (χ1n) is 4.78. The van der Waals surface area contributed by atoms with Crippen molar-refractivity contribution < 1.29 is 4.74 Å². The Morgan fingerprint density at radius 3 is 3.00 bits per heavy atom. The molecule has 0 aromatic carbocycles. The first kappa shape index (κ1) is 6.44. The monoisotopic (exact) mass is 153 g/mol. The van der Waals surface area contributed by atoms with Crippen LogP contribution in [-0.4, -0.2) is 24.3 Å². The average molecular weight is 153 g/mol. The maximum absolute atomic E-state index is 5.84. The Kier molecular flexibility index (Phi) is 1.16. The summed E-state index contributed by atoms with van der Waals surface area (Å²) in [6.07, 6.45) is 6.55. The summed E-state index contributed by atoms with van der Waals surface area (Å²) in [6, 6.07) is 1.69. The minimum atomic E-state index is 0.324. The van der Waals surface area contributed by atoms with Crippen molar-refractivity contribution in [2.24, 2.45) is 0 Å². The average Bonchev–Trinajstić information content (AvgIpc) is 2.63. The van der Waals surface area contributed by atoms with Crippen LogP contribution in [0.25, 0.3) is 0 Å². The van der Waals surface area contributed by atoms with Crippen molar-refractivity contribution >= 4 is 0 Å². The summed E-state index contributed by atoms with van der Waals surface area (Å²) < 4.78 is 5.84. The molecular weight excluding hydrogens is 138 g/mol. The molecule has 0 amide bonds. The molecule has 2 saturated heterocycles. The van der Waals surface area contributed by atoms with Crippen LogP contribution in [0.2, 0.25) is 0 Å². The molecule has 1 saturated carbocycles. The van der Waals surface area contributed by atoms with E-state index in [1.54, 1.807) is 0 Å². The first-order chi connectivity index (χ1) is 5.38. The summed E-state index contributed by atoms with van der Waals surface area (Å²) in [5.41, 5.74) is 0.324. The third kappa shape index (κ3) is 0.926. The summed E-state index contributed by atoms with van der Waals surface area (Å²) in [5, 5.41) is 3.50. The van der Waals surface area contributed by atoms with Gasteiger partial charge in [0, 0.05) is 18.7 Å². The zero-order chi connectivity index (χ0) is 7.31. The van der Waals surface area contributed by atoms with Crippen LogP contribution in [0.1, 0.15) is 32.1 Å². The standard InChI is InChI=1S/C9H15NO/c1-3-9(11-5-1)4-2-7-8(6-9)10-7/h7-8,10H,1-6H2/t7-,8+,9+/m1/s1. The van der Waals surface area contributed by atoms with E-state index < -0.39 is 0 Å². The molecule has 3 fully saturated rings. The van der Waals surface area contributed by atoms with Crippen molar-refractivity contribution in [1.29, 1.82) is 0 Å². The zero-order valence-corrected chi connectivity index (χ0v) is 6.81. The second-order valence-electron chi connectivity index (χ2n) is 4.26. The van der Waals surface area contributed by atoms with Crippen molar-refractivity contribution in [2.75, 3.05) is 6.61 Å². The molecule has 0 bridgehead atoms. The fourth-order valence-corrected chi connectivity index (χ4v) is 2.74. The first-order valence-corrected chi connectivity index (χ1v) is 4.78. The van der Waals surface area contributed by atoms with E-state index in [4.69, 9.17) is 4.74 Å². The van der Waals surface area contributed by atoms with Gasteiger partial charge in [0.25, 0.3) is 0 Å². The minimum absolute atomic E-state index is 0.324. The lowest BCUT2D eigenvalue weighted by molar-refractivity contribution is -0.0180. The third-order valence-electron chi connectivity index (χ3n) is 3.49. The van der Waals surface area contributed by atoms with Crippen LogP contribution in [0.5, 0.6) is 0 Å². The highest BCUT2D eigenvalue weighted by Gasteiger charge is 2.50. The fourth-order valence-electron chi connectivity index (χ4n) is 2.74. The maximum atomic E-state index is 5.84. The predicted molar refractivity (Wildman–Crippen MR) is 42.5 cm³/mol. The van der Waals surface area contributed by atoms with Gasteiger partial charge in [-0.05, 0) is 32.1 Å². The summed E-state index contributed by atoms with van der Waals surface area (Å²) in [7, 11) is 0. The number of rotatable bonds is 0. The molecule has 0 aromatic heterocycles. The third-order valence-corrected chi connectivity index (χ3v) is 3.49. The van der Waals surface area contributed by atoms with Crippen LogP contribution >= 0.6 is 0 Å². The van der Waals surface area contributed by atoms with Gasteiger partial charge in [0.1, 0.15) is 0 Å². The largest absolute Gasteiger partial charge is 0.375 e. The molecule has 1 aliphatic carbocycles. The van der Waals surface area contributed by atoms with Gasteiger partial charge in [-0.1, -0.05) is 0 Å². The summed E-state index contributed by atoms with van der Waals surface area (Å²) in [5.74, 6) is 0. The Labute approximate surface area is 67.3 Å². The fraction of sp³-hybridized carbons (Fsp3) is 1.00. The molecule has 11 heavy (non-hydrogen) atoms. The number of fused-ring (bicyclic) bond motifs is 1. The molecule has 3 aliphatic rings. The van der Waals surface area contributed by atoms with Crippen LogP contribution in [0.15, 0.2) is 0 Å². The van der Waals surface area contributed by atoms with Crippen LogP contribution in [0.3, 0.4) is 0 Å². The van der Waals surface area contributed by atoms with E-state index in [9.17, 15) is 0 Å². The number of ether oxygens (including phenoxy) is 1. The lowest BCUT2D eigenvalue weighted by Gasteiger charge is -2.30. The molecule has 2 heteroatoms. The number of nitrogens with one attached hydrogen (secondary N) is 1. The van der Waals surface area contributed by atoms with Crippen LogP contribution in [-0.2, 0) is 4.74 Å². The molecule has 1 N–H and O–H groups in total. The molecule has 3 atom stereocenters. The van der Waals surface area contributed by atoms with Crippen LogP contribution in [0.4, 0.5) is 0 Å². The van der Waals surface area contributed by atoms with Gasteiger partial charge in [-0.15, -0.1) is 0 Å². The lowest BCUT2D eigenvalue weighted by atomic mass is 9.83. The maximum Gasteiger partial charge on any atom is 0.0699 e. The number of hydrogen-bond acceptors (Lipinski definition) is 2. The van der Waals surface area contributed by atoms with Crippen molar-refractivity contribution in [3.8, 4) is 0 Å². The van der Waals surface area contributed by atoms with E-state index in [1.807, 2.05) is 0 Å². The van der Waals surface area contributed by atoms with E-state index in [2.05, 4.69) is 5.32 Å². The molecule has 2 aliphatic heterocycles. The van der Waals surface area contributed by atoms with E-state index >= 15 is 0 Å². The molecule has 0 radical (unpaired) electrons. The predicted octanol–water partition coefficient (Wildman–Crippen LogP) is 1.06. The zero-order valence-electron chi connectivity index (χ0n) is 6.81. The van der Waals surface area contributed by atoms with Crippen LogP contribution < -0.4 is 5.32 Å². The van der Waals surface area contributed by atoms with Gasteiger partial charge in [-0.3, -0.25) is 0 Å². The molecule has 2 heterocycles. The van der Waals surface area contributed by atoms with E-state index in [0.29, 0.717) is 5.60 Å². The lowest BCUT2D eigenvalue weighted by Crippen LogP contribution is -2.33. The SMILES string of the molecule is C1CO[C@@]2(C1)CC[C@H]1N[C@H]1C2. The Morgan fingerprint density at radius 2 is 2.27 bits per heavy atom. The van der Waals surface area contributed by atoms with Gasteiger partial charge in [0.2, 0.25) is 0 Å². The van der Waals surface area contributed by atoms with Gasteiger partial charge in [0.15, 0.2) is 0 Å². The molecule has 1 spiro atoms. The quantitative estimate of drug-likeness (QED) is 0.527. The molecular formula is C9H15NO. The van der Waals surface area contributed by atoms with Crippen molar-refractivity contribution in [3.63, 3.8) is 0 Å². The van der Waals surface area contributed by atoms with Gasteiger partial charge >= 0.3 is 0 Å². The Morgan fingerprint density at radius 1 is 1.27 bits per heavy atom. The second-order valence-corrected chi connectivity index (χ2v) is 4.26. The summed E-state index contributed by atoms with van der Waals surface area (Å²) >= 11 is 0. The summed E-state index contributed by atoms with van der Waals surface area (Å²) in [4.78, 5) is 0. The van der Waals surface area contributed by atoms with E-state index in [0.717, 1.165) is 18.7 Å². The highest BCUT2D eigenvalue weighted by atomic mass is 16.5. The van der Waals surface area contributed by atoms with Crippen LogP contribution in [0, 0.1) is 0 Å². The second kappa shape index (κ2) is 1.99. The van der Waals surface area contributed by atoms with Gasteiger partial charge < -0.3 is 10.1 Å². The highest BCUT2D eigenvalue weighted by molar-refractivity contribution is 5.08. The molecule has 62 valence electrons. The molecule has 2 nitrogen and oxygen atoms in total.